The van der Waals surface area contributed by atoms with Gasteiger partial charge in [-0.05, 0) is 67.8 Å². The second-order valence-corrected chi connectivity index (χ2v) is 11.6. The van der Waals surface area contributed by atoms with Crippen LogP contribution in [0.3, 0.4) is 0 Å². The number of nitrogens with one attached hydrogen (secondary N) is 2. The molecule has 7 heteroatoms. The molecule has 1 amide bonds. The Morgan fingerprint density at radius 1 is 1.06 bits per heavy atom. The highest BCUT2D eigenvalue weighted by Gasteiger charge is 2.54. The summed E-state index contributed by atoms with van der Waals surface area (Å²) in [6.07, 6.45) is 6.98. The highest BCUT2D eigenvalue weighted by atomic mass is 16.2. The summed E-state index contributed by atoms with van der Waals surface area (Å²) in [7, 11) is 0. The smallest absolute Gasteiger partial charge is 0.274 e. The maximum atomic E-state index is 13.2. The summed E-state index contributed by atoms with van der Waals surface area (Å²) in [4.78, 5) is 31.4. The van der Waals surface area contributed by atoms with Gasteiger partial charge in [0.15, 0.2) is 0 Å². The molecule has 5 fully saturated rings. The summed E-state index contributed by atoms with van der Waals surface area (Å²) in [5.41, 5.74) is 1.15. The molecule has 0 spiro atoms. The molecule has 2 N–H and O–H groups in total. The number of aromatic amines is 1. The summed E-state index contributed by atoms with van der Waals surface area (Å²) >= 11 is 0. The standard InChI is InChI=1S/C27H35N5O2/c1-17-14-32(15-18-5-3-2-4-6-18)16-22(17)24-29-25(33)23(30-31-24)13-28-26(34)27-10-19-7-20(11-27)9-21(8-19)12-27/h2-6,17,19-22H,7-16H2,1H3,(H,28,34)(H,29,31,33). The third-order valence-electron chi connectivity index (χ3n) is 9.01. The van der Waals surface area contributed by atoms with Gasteiger partial charge in [-0.15, -0.1) is 10.2 Å². The minimum Gasteiger partial charge on any atom is -0.350 e. The van der Waals surface area contributed by atoms with E-state index >= 15 is 0 Å². The van der Waals surface area contributed by atoms with E-state index in [1.165, 1.54) is 24.8 Å². The number of rotatable bonds is 6. The zero-order valence-electron chi connectivity index (χ0n) is 20.0. The average Bonchev–Trinajstić information content (AvgIpc) is 3.17. The van der Waals surface area contributed by atoms with E-state index in [0.29, 0.717) is 35.2 Å². The molecular weight excluding hydrogens is 426 g/mol. The molecule has 180 valence electrons. The lowest BCUT2D eigenvalue weighted by atomic mass is 9.49. The van der Waals surface area contributed by atoms with Gasteiger partial charge in [-0.1, -0.05) is 37.3 Å². The largest absolute Gasteiger partial charge is 0.350 e. The van der Waals surface area contributed by atoms with E-state index in [1.807, 2.05) is 6.07 Å². The molecule has 2 unspecified atom stereocenters. The van der Waals surface area contributed by atoms with Crippen molar-refractivity contribution in [1.29, 1.82) is 0 Å². The molecule has 4 saturated carbocycles. The minimum atomic E-state index is -0.232. The van der Waals surface area contributed by atoms with Crippen LogP contribution in [0, 0.1) is 29.1 Å². The van der Waals surface area contributed by atoms with Crippen LogP contribution >= 0.6 is 0 Å². The molecule has 1 aromatic carbocycles. The van der Waals surface area contributed by atoms with Gasteiger partial charge >= 0.3 is 0 Å². The number of aromatic nitrogens is 3. The number of H-pyrrole nitrogens is 1. The van der Waals surface area contributed by atoms with E-state index < -0.39 is 0 Å². The van der Waals surface area contributed by atoms with Gasteiger partial charge in [0.2, 0.25) is 5.91 Å². The van der Waals surface area contributed by atoms with Crippen LogP contribution in [0.5, 0.6) is 0 Å². The lowest BCUT2D eigenvalue weighted by Gasteiger charge is -2.55. The molecule has 34 heavy (non-hydrogen) atoms. The molecule has 1 aromatic heterocycles. The van der Waals surface area contributed by atoms with Crippen molar-refractivity contribution in [3.05, 3.63) is 57.8 Å². The zero-order chi connectivity index (χ0) is 23.3. The molecule has 2 heterocycles. The van der Waals surface area contributed by atoms with E-state index in [0.717, 1.165) is 38.9 Å². The Hall–Kier alpha value is -2.54. The van der Waals surface area contributed by atoms with Crippen molar-refractivity contribution in [3.63, 3.8) is 0 Å². The topological polar surface area (TPSA) is 91.0 Å². The second kappa shape index (κ2) is 8.59. The quantitative estimate of drug-likeness (QED) is 0.689. The summed E-state index contributed by atoms with van der Waals surface area (Å²) in [6.45, 7) is 5.07. The third-order valence-corrected chi connectivity index (χ3v) is 9.01. The van der Waals surface area contributed by atoms with E-state index in [2.05, 4.69) is 56.6 Å². The predicted molar refractivity (Wildman–Crippen MR) is 129 cm³/mol. The normalized spacial score (nSPS) is 34.4. The van der Waals surface area contributed by atoms with Gasteiger partial charge < -0.3 is 10.3 Å². The molecule has 1 saturated heterocycles. The molecule has 2 atom stereocenters. The van der Waals surface area contributed by atoms with Gasteiger partial charge in [-0.3, -0.25) is 14.5 Å². The van der Waals surface area contributed by atoms with Crippen molar-refractivity contribution in [2.45, 2.75) is 64.5 Å². The molecular formula is C27H35N5O2. The number of likely N-dealkylation sites (tertiary alicyclic amines) is 1. The van der Waals surface area contributed by atoms with Crippen LogP contribution in [-0.2, 0) is 17.9 Å². The van der Waals surface area contributed by atoms with Crippen molar-refractivity contribution >= 4 is 5.91 Å². The predicted octanol–water partition coefficient (Wildman–Crippen LogP) is 3.23. The van der Waals surface area contributed by atoms with Crippen LogP contribution < -0.4 is 10.9 Å². The first kappa shape index (κ1) is 22.0. The van der Waals surface area contributed by atoms with Crippen LogP contribution in [0.1, 0.15) is 68.4 Å². The van der Waals surface area contributed by atoms with E-state index in [4.69, 9.17) is 0 Å². The SMILES string of the molecule is CC1CN(Cc2ccccc2)CC1c1nnc(CNC(=O)C23CC4CC(CC(C4)C2)C3)c(=O)[nH]1. The van der Waals surface area contributed by atoms with Crippen LogP contribution in [0.4, 0.5) is 0 Å². The molecule has 1 aliphatic heterocycles. The number of nitrogens with zero attached hydrogens (tertiary/aromatic N) is 3. The van der Waals surface area contributed by atoms with Gasteiger partial charge in [0.1, 0.15) is 11.5 Å². The zero-order valence-corrected chi connectivity index (χ0v) is 20.0. The summed E-state index contributed by atoms with van der Waals surface area (Å²) in [6, 6.07) is 10.5. The lowest BCUT2D eigenvalue weighted by Crippen LogP contribution is -2.53. The molecule has 5 aliphatic rings. The Morgan fingerprint density at radius 3 is 2.38 bits per heavy atom. The van der Waals surface area contributed by atoms with E-state index in [9.17, 15) is 9.59 Å². The van der Waals surface area contributed by atoms with Crippen molar-refractivity contribution in [1.82, 2.24) is 25.4 Å². The van der Waals surface area contributed by atoms with Gasteiger partial charge in [-0.2, -0.15) is 0 Å². The van der Waals surface area contributed by atoms with Crippen molar-refractivity contribution < 1.29 is 4.79 Å². The Kier molecular flexibility index (Phi) is 5.55. The second-order valence-electron chi connectivity index (χ2n) is 11.6. The highest BCUT2D eigenvalue weighted by Crippen LogP contribution is 2.60. The molecule has 4 bridgehead atoms. The molecule has 7 nitrogen and oxygen atoms in total. The Bertz CT molecular complexity index is 1080. The van der Waals surface area contributed by atoms with E-state index in [-0.39, 0.29) is 29.3 Å². The third kappa shape index (κ3) is 4.08. The summed E-state index contributed by atoms with van der Waals surface area (Å²) in [5, 5.41) is 11.7. The maximum Gasteiger partial charge on any atom is 0.274 e. The number of hydrogen-bond donors (Lipinski definition) is 2. The minimum absolute atomic E-state index is 0.123. The van der Waals surface area contributed by atoms with Gasteiger partial charge in [0, 0.05) is 31.0 Å². The van der Waals surface area contributed by atoms with Crippen molar-refractivity contribution in [3.8, 4) is 0 Å². The fraction of sp³-hybridized carbons (Fsp3) is 0.630. The fourth-order valence-electron chi connectivity index (χ4n) is 7.79. The molecule has 0 radical (unpaired) electrons. The lowest BCUT2D eigenvalue weighted by molar-refractivity contribution is -0.146. The van der Waals surface area contributed by atoms with Crippen LogP contribution in [0.2, 0.25) is 0 Å². The van der Waals surface area contributed by atoms with Crippen molar-refractivity contribution in [2.24, 2.45) is 29.1 Å². The number of amides is 1. The number of carbonyl (C=O) groups is 1. The highest BCUT2D eigenvalue weighted by molar-refractivity contribution is 5.83. The number of carbonyl (C=O) groups excluding carboxylic acids is 1. The fourth-order valence-corrected chi connectivity index (χ4v) is 7.79. The number of benzene rings is 1. The first-order valence-corrected chi connectivity index (χ1v) is 13.0. The first-order chi connectivity index (χ1) is 16.5. The Labute approximate surface area is 200 Å². The molecule has 7 rings (SSSR count). The van der Waals surface area contributed by atoms with E-state index in [1.54, 1.807) is 0 Å². The van der Waals surface area contributed by atoms with Gasteiger partial charge in [0.05, 0.1) is 6.54 Å². The van der Waals surface area contributed by atoms with Crippen LogP contribution in [-0.4, -0.2) is 39.1 Å². The number of hydrogen-bond acceptors (Lipinski definition) is 5. The summed E-state index contributed by atoms with van der Waals surface area (Å²) < 4.78 is 0. The molecule has 4 aliphatic carbocycles. The Balaban J connectivity index is 1.09. The maximum absolute atomic E-state index is 13.2. The van der Waals surface area contributed by atoms with Crippen LogP contribution in [0.25, 0.3) is 0 Å². The Morgan fingerprint density at radius 2 is 1.74 bits per heavy atom. The van der Waals surface area contributed by atoms with Gasteiger partial charge in [0.25, 0.3) is 5.56 Å². The molecule has 2 aromatic rings. The summed E-state index contributed by atoms with van der Waals surface area (Å²) in [5.74, 6) is 3.47. The average molecular weight is 462 g/mol. The van der Waals surface area contributed by atoms with Crippen LogP contribution in [0.15, 0.2) is 35.1 Å². The monoisotopic (exact) mass is 461 g/mol. The first-order valence-electron chi connectivity index (χ1n) is 13.0. The van der Waals surface area contributed by atoms with Crippen molar-refractivity contribution in [2.75, 3.05) is 13.1 Å². The van der Waals surface area contributed by atoms with Gasteiger partial charge in [-0.25, -0.2) is 0 Å².